The van der Waals surface area contributed by atoms with Gasteiger partial charge in [0.1, 0.15) is 5.82 Å². The number of nitrogens with zero attached hydrogens (tertiary/aromatic N) is 4. The van der Waals surface area contributed by atoms with Gasteiger partial charge in [0.2, 0.25) is 0 Å². The minimum atomic E-state index is -0.125. The lowest BCUT2D eigenvalue weighted by atomic mass is 10.1. The predicted molar refractivity (Wildman–Crippen MR) is 102 cm³/mol. The summed E-state index contributed by atoms with van der Waals surface area (Å²) in [6.45, 7) is 9.75. The third kappa shape index (κ3) is 4.42. The fourth-order valence-corrected chi connectivity index (χ4v) is 3.66. The summed E-state index contributed by atoms with van der Waals surface area (Å²) in [4.78, 5) is 11.2. The highest BCUT2D eigenvalue weighted by Crippen LogP contribution is 2.22. The van der Waals surface area contributed by atoms with E-state index in [0.717, 1.165) is 63.0 Å². The highest BCUT2D eigenvalue weighted by molar-refractivity contribution is 5.80. The van der Waals surface area contributed by atoms with Crippen molar-refractivity contribution in [3.05, 3.63) is 29.6 Å². The number of benzene rings is 1. The normalized spacial score (nSPS) is 19.6. The predicted octanol–water partition coefficient (Wildman–Crippen LogP) is 2.14. The maximum absolute atomic E-state index is 14.6. The number of aliphatic imine (C=N–C) groups is 1. The average Bonchev–Trinajstić information content (AvgIpc) is 3.17. The lowest BCUT2D eigenvalue weighted by Crippen LogP contribution is -2.46. The molecule has 2 fully saturated rings. The Kier molecular flexibility index (Phi) is 6.13. The SMILES string of the molecule is CCN1CCN(c2ccc(CNC(=NC)N3CCCC3)cc2F)CC1. The molecule has 0 saturated carbocycles. The second kappa shape index (κ2) is 8.52. The highest BCUT2D eigenvalue weighted by Gasteiger charge is 2.19. The summed E-state index contributed by atoms with van der Waals surface area (Å²) in [6, 6.07) is 5.60. The van der Waals surface area contributed by atoms with Gasteiger partial charge in [0, 0.05) is 52.9 Å². The Morgan fingerprint density at radius 2 is 1.84 bits per heavy atom. The summed E-state index contributed by atoms with van der Waals surface area (Å²) < 4.78 is 14.6. The number of rotatable bonds is 4. The first-order valence-corrected chi connectivity index (χ1v) is 9.42. The van der Waals surface area contributed by atoms with Crippen LogP contribution in [0.3, 0.4) is 0 Å². The van der Waals surface area contributed by atoms with Gasteiger partial charge in [-0.25, -0.2) is 4.39 Å². The van der Waals surface area contributed by atoms with E-state index in [9.17, 15) is 4.39 Å². The number of hydrogen-bond donors (Lipinski definition) is 1. The maximum atomic E-state index is 14.6. The minimum absolute atomic E-state index is 0.125. The zero-order valence-corrected chi connectivity index (χ0v) is 15.5. The highest BCUT2D eigenvalue weighted by atomic mass is 19.1. The molecule has 5 nitrogen and oxygen atoms in total. The molecule has 0 spiro atoms. The number of nitrogens with one attached hydrogen (secondary N) is 1. The number of hydrogen-bond acceptors (Lipinski definition) is 3. The Bertz CT molecular complexity index is 589. The van der Waals surface area contributed by atoms with E-state index >= 15 is 0 Å². The van der Waals surface area contributed by atoms with Crippen LogP contribution in [0.15, 0.2) is 23.2 Å². The van der Waals surface area contributed by atoms with Gasteiger partial charge >= 0.3 is 0 Å². The molecule has 0 atom stereocenters. The van der Waals surface area contributed by atoms with E-state index < -0.39 is 0 Å². The first-order chi connectivity index (χ1) is 12.2. The molecule has 1 aromatic rings. The van der Waals surface area contributed by atoms with Crippen LogP contribution in [-0.2, 0) is 6.54 Å². The van der Waals surface area contributed by atoms with Crippen LogP contribution in [0.4, 0.5) is 10.1 Å². The van der Waals surface area contributed by atoms with E-state index in [1.54, 1.807) is 13.1 Å². The largest absolute Gasteiger partial charge is 0.367 e. The molecule has 25 heavy (non-hydrogen) atoms. The first kappa shape index (κ1) is 18.0. The van der Waals surface area contributed by atoms with Gasteiger partial charge in [0.15, 0.2) is 5.96 Å². The summed E-state index contributed by atoms with van der Waals surface area (Å²) in [5.74, 6) is 0.790. The zero-order chi connectivity index (χ0) is 17.6. The molecular weight excluding hydrogens is 317 g/mol. The number of likely N-dealkylation sites (tertiary alicyclic amines) is 1. The molecule has 0 aromatic heterocycles. The van der Waals surface area contributed by atoms with Crippen LogP contribution in [0.5, 0.6) is 0 Å². The Morgan fingerprint density at radius 3 is 2.44 bits per heavy atom. The van der Waals surface area contributed by atoms with Crippen molar-refractivity contribution < 1.29 is 4.39 Å². The fraction of sp³-hybridized carbons (Fsp3) is 0.632. The fourth-order valence-electron chi connectivity index (χ4n) is 3.66. The molecule has 6 heteroatoms. The number of guanidine groups is 1. The van der Waals surface area contributed by atoms with E-state index in [-0.39, 0.29) is 5.82 Å². The Morgan fingerprint density at radius 1 is 1.12 bits per heavy atom. The number of halogens is 1. The second-order valence-corrected chi connectivity index (χ2v) is 6.80. The summed E-state index contributed by atoms with van der Waals surface area (Å²) in [5, 5.41) is 3.36. The molecule has 1 aromatic carbocycles. The lowest BCUT2D eigenvalue weighted by Gasteiger charge is -2.35. The lowest BCUT2D eigenvalue weighted by molar-refractivity contribution is 0.270. The van der Waals surface area contributed by atoms with E-state index in [1.807, 2.05) is 12.1 Å². The zero-order valence-electron chi connectivity index (χ0n) is 15.5. The molecule has 2 aliphatic rings. The van der Waals surface area contributed by atoms with Gasteiger partial charge < -0.3 is 20.0 Å². The number of anilines is 1. The van der Waals surface area contributed by atoms with Crippen LogP contribution >= 0.6 is 0 Å². The quantitative estimate of drug-likeness (QED) is 0.668. The molecule has 3 rings (SSSR count). The molecular formula is C19H30FN5. The summed E-state index contributed by atoms with van der Waals surface area (Å²) in [7, 11) is 1.81. The Labute approximate surface area is 150 Å². The van der Waals surface area contributed by atoms with E-state index in [1.165, 1.54) is 12.8 Å². The summed E-state index contributed by atoms with van der Waals surface area (Å²) >= 11 is 0. The standard InChI is InChI=1S/C19H30FN5/c1-3-23-10-12-24(13-11-23)18-7-6-16(14-17(18)20)15-22-19(21-2)25-8-4-5-9-25/h6-7,14H,3-5,8-13,15H2,1-2H3,(H,21,22). The molecule has 0 radical (unpaired) electrons. The van der Waals surface area contributed by atoms with Gasteiger partial charge in [-0.2, -0.15) is 0 Å². The maximum Gasteiger partial charge on any atom is 0.193 e. The van der Waals surface area contributed by atoms with E-state index in [4.69, 9.17) is 0 Å². The smallest absolute Gasteiger partial charge is 0.193 e. The first-order valence-electron chi connectivity index (χ1n) is 9.42. The molecule has 0 unspecified atom stereocenters. The molecule has 2 aliphatic heterocycles. The van der Waals surface area contributed by atoms with Crippen LogP contribution in [0.1, 0.15) is 25.3 Å². The van der Waals surface area contributed by atoms with Gasteiger partial charge in [0.25, 0.3) is 0 Å². The number of likely N-dealkylation sites (N-methyl/N-ethyl adjacent to an activating group) is 1. The Balaban J connectivity index is 1.58. The summed E-state index contributed by atoms with van der Waals surface area (Å²) in [6.07, 6.45) is 2.44. The van der Waals surface area contributed by atoms with Crippen LogP contribution < -0.4 is 10.2 Å². The van der Waals surface area contributed by atoms with Crippen molar-refractivity contribution in [3.8, 4) is 0 Å². The van der Waals surface area contributed by atoms with Crippen LogP contribution in [0, 0.1) is 5.82 Å². The van der Waals surface area contributed by atoms with Gasteiger partial charge in [-0.15, -0.1) is 0 Å². The van der Waals surface area contributed by atoms with Crippen molar-refractivity contribution in [3.63, 3.8) is 0 Å². The van der Waals surface area contributed by atoms with Crippen molar-refractivity contribution in [2.45, 2.75) is 26.3 Å². The van der Waals surface area contributed by atoms with Crippen molar-refractivity contribution in [1.29, 1.82) is 0 Å². The minimum Gasteiger partial charge on any atom is -0.367 e. The van der Waals surface area contributed by atoms with Crippen molar-refractivity contribution in [2.75, 3.05) is 57.8 Å². The molecule has 2 heterocycles. The topological polar surface area (TPSA) is 34.1 Å². The molecule has 1 N–H and O–H groups in total. The Hall–Kier alpha value is -1.82. The van der Waals surface area contributed by atoms with Crippen molar-refractivity contribution in [1.82, 2.24) is 15.1 Å². The van der Waals surface area contributed by atoms with Gasteiger partial charge in [-0.1, -0.05) is 13.0 Å². The third-order valence-electron chi connectivity index (χ3n) is 5.24. The molecule has 0 bridgehead atoms. The molecule has 0 amide bonds. The molecule has 2 saturated heterocycles. The van der Waals surface area contributed by atoms with Crippen molar-refractivity contribution >= 4 is 11.6 Å². The molecule has 138 valence electrons. The third-order valence-corrected chi connectivity index (χ3v) is 5.24. The van der Waals surface area contributed by atoms with E-state index in [2.05, 4.69) is 31.9 Å². The molecule has 0 aliphatic carbocycles. The average molecular weight is 347 g/mol. The van der Waals surface area contributed by atoms with Gasteiger partial charge in [0.05, 0.1) is 5.69 Å². The number of piperazine rings is 1. The monoisotopic (exact) mass is 347 g/mol. The van der Waals surface area contributed by atoms with Gasteiger partial charge in [-0.05, 0) is 37.1 Å². The van der Waals surface area contributed by atoms with E-state index in [0.29, 0.717) is 6.54 Å². The van der Waals surface area contributed by atoms with Crippen molar-refractivity contribution in [2.24, 2.45) is 4.99 Å². The van der Waals surface area contributed by atoms with Crippen LogP contribution in [0.2, 0.25) is 0 Å². The van der Waals surface area contributed by atoms with Crippen LogP contribution in [-0.4, -0.2) is 68.6 Å². The van der Waals surface area contributed by atoms with Gasteiger partial charge in [-0.3, -0.25) is 4.99 Å². The summed E-state index contributed by atoms with van der Waals surface area (Å²) in [5.41, 5.74) is 1.68. The second-order valence-electron chi connectivity index (χ2n) is 6.80. The van der Waals surface area contributed by atoms with Crippen LogP contribution in [0.25, 0.3) is 0 Å².